The van der Waals surface area contributed by atoms with E-state index in [2.05, 4.69) is 41.7 Å². The zero-order valence-electron chi connectivity index (χ0n) is 33.4. The van der Waals surface area contributed by atoms with Crippen molar-refractivity contribution < 1.29 is 28.8 Å². The average molecular weight is 937 g/mol. The van der Waals surface area contributed by atoms with E-state index in [0.29, 0.717) is 27.0 Å². The van der Waals surface area contributed by atoms with Crippen molar-refractivity contribution in [1.29, 1.82) is 0 Å². The first kappa shape index (κ1) is 47.0. The topological polar surface area (TPSA) is 200 Å². The number of azo groups is 2. The van der Waals surface area contributed by atoms with Crippen LogP contribution < -0.4 is 21.3 Å². The van der Waals surface area contributed by atoms with Gasteiger partial charge in [0.05, 0.1) is 42.2 Å². The number of nitrogens with one attached hydrogen (secondary N) is 4. The minimum Gasteiger partial charge on any atom is -0.367 e. The van der Waals surface area contributed by atoms with E-state index in [1.807, 2.05) is 0 Å². The summed E-state index contributed by atoms with van der Waals surface area (Å²) >= 11 is 31.7. The fourth-order valence-corrected chi connectivity index (χ4v) is 6.73. The van der Waals surface area contributed by atoms with Gasteiger partial charge in [-0.3, -0.25) is 28.8 Å². The van der Waals surface area contributed by atoms with E-state index in [-0.39, 0.29) is 48.9 Å². The lowest BCUT2D eigenvalue weighted by molar-refractivity contribution is -0.128. The molecule has 14 nitrogen and oxygen atoms in total. The molecule has 4 N–H and O–H groups in total. The smallest absolute Gasteiger partial charge is 0.294 e. The van der Waals surface area contributed by atoms with Crippen LogP contribution in [0, 0.1) is 20.8 Å². The summed E-state index contributed by atoms with van der Waals surface area (Å²) in [7, 11) is 0. The third-order valence-electron chi connectivity index (χ3n) is 9.07. The maximum Gasteiger partial charge on any atom is 0.294 e. The number of rotatable bonds is 14. The number of hydrogen-bond acceptors (Lipinski definition) is 10. The van der Waals surface area contributed by atoms with Gasteiger partial charge in [0.25, 0.3) is 23.6 Å². The van der Waals surface area contributed by atoms with Crippen LogP contribution in [-0.4, -0.2) is 47.3 Å². The maximum absolute atomic E-state index is 13.2. The van der Waals surface area contributed by atoms with E-state index in [1.54, 1.807) is 57.2 Å². The summed E-state index contributed by atoms with van der Waals surface area (Å²) in [5.41, 5.74) is 3.40. The van der Waals surface area contributed by atoms with E-state index in [4.69, 9.17) is 58.0 Å². The van der Waals surface area contributed by atoms with Crippen LogP contribution >= 0.6 is 58.0 Å². The van der Waals surface area contributed by atoms with Gasteiger partial charge in [-0.15, -0.1) is 20.5 Å². The van der Waals surface area contributed by atoms with Crippen molar-refractivity contribution in [2.24, 2.45) is 20.5 Å². The number of carbonyl (C=O) groups is 6. The molecule has 0 aromatic heterocycles. The lowest BCUT2D eigenvalue weighted by atomic mass is 10.1. The van der Waals surface area contributed by atoms with Crippen molar-refractivity contribution in [1.82, 2.24) is 0 Å². The molecule has 0 bridgehead atoms. The standard InChI is InChI=1S/C43H35Cl5N8O6/c1-20-8-6-10-29(46)36(20)51-40(59)25-12-14-27(44)34(17-25)53-55-42(61)38(23(4)57)49-32-19-31(48)33(16-22(32)3)50-39(24(5)58)43(62)56-54-35-18-26(13-15-28(35)45)41(60)52-37-21(2)9-7-11-30(37)47/h6-19,38-39,49-50H,1-5H3,(H,51,59)(H,52,60). The number of benzene rings is 5. The van der Waals surface area contributed by atoms with Crippen molar-refractivity contribution in [3.63, 3.8) is 0 Å². The van der Waals surface area contributed by atoms with E-state index < -0.39 is 47.3 Å². The van der Waals surface area contributed by atoms with Gasteiger partial charge in [0.1, 0.15) is 11.4 Å². The van der Waals surface area contributed by atoms with Crippen molar-refractivity contribution >= 4 is 127 Å². The van der Waals surface area contributed by atoms with Crippen LogP contribution in [0.3, 0.4) is 0 Å². The summed E-state index contributed by atoms with van der Waals surface area (Å²) in [6.45, 7) is 7.52. The SMILES string of the molecule is CC(=O)C(Nc1cc(Cl)c(NC(C(C)=O)C(=O)N=Nc2cc(C(=O)Nc3c(C)cccc3Cl)ccc2Cl)cc1C)C(=O)N=Nc1cc(C(=O)Nc2c(C)cccc2Cl)ccc1Cl. The Bertz CT molecular complexity index is 2480. The first-order valence-corrected chi connectivity index (χ1v) is 20.2. The number of anilines is 4. The zero-order chi connectivity index (χ0) is 45.4. The predicted molar refractivity (Wildman–Crippen MR) is 243 cm³/mol. The first-order chi connectivity index (χ1) is 29.3. The number of ketones is 2. The highest BCUT2D eigenvalue weighted by Crippen LogP contribution is 2.33. The van der Waals surface area contributed by atoms with E-state index in [1.165, 1.54) is 55.5 Å². The number of nitrogens with zero attached hydrogens (tertiary/aromatic N) is 4. The Hall–Kier alpha value is -6.03. The summed E-state index contributed by atoms with van der Waals surface area (Å²) in [4.78, 5) is 77.9. The van der Waals surface area contributed by atoms with Crippen molar-refractivity contribution in [2.45, 2.75) is 46.7 Å². The third kappa shape index (κ3) is 11.7. The Morgan fingerprint density at radius 2 is 0.903 bits per heavy atom. The van der Waals surface area contributed by atoms with Gasteiger partial charge in [-0.2, -0.15) is 0 Å². The highest BCUT2D eigenvalue weighted by Gasteiger charge is 2.27. The molecule has 0 aliphatic heterocycles. The van der Waals surface area contributed by atoms with Gasteiger partial charge < -0.3 is 21.3 Å². The molecule has 4 amide bonds. The second-order valence-corrected chi connectivity index (χ2v) is 15.7. The number of Topliss-reactive ketones (excluding diaryl/α,β-unsaturated/α-hetero) is 2. The van der Waals surface area contributed by atoms with Gasteiger partial charge in [-0.1, -0.05) is 82.3 Å². The highest BCUT2D eigenvalue weighted by atomic mass is 35.5. The number of carbonyl (C=O) groups excluding carboxylic acids is 6. The zero-order valence-corrected chi connectivity index (χ0v) is 37.1. The van der Waals surface area contributed by atoms with Crippen LogP contribution in [0.15, 0.2) is 105 Å². The third-order valence-corrected chi connectivity index (χ3v) is 10.7. The fraction of sp³-hybridized carbons (Fsp3) is 0.163. The molecule has 0 fully saturated rings. The van der Waals surface area contributed by atoms with Crippen molar-refractivity contribution in [2.75, 3.05) is 21.3 Å². The molecule has 0 aliphatic carbocycles. The molecule has 0 radical (unpaired) electrons. The molecule has 0 saturated carbocycles. The minimum absolute atomic E-state index is 0.00478. The number of amides is 4. The molecule has 2 unspecified atom stereocenters. The second kappa shape index (κ2) is 20.7. The molecule has 0 aliphatic rings. The van der Waals surface area contributed by atoms with E-state index in [0.717, 1.165) is 18.1 Å². The Balaban J connectivity index is 1.28. The molecule has 0 spiro atoms. The van der Waals surface area contributed by atoms with Crippen LogP contribution in [0.25, 0.3) is 0 Å². The van der Waals surface area contributed by atoms with Gasteiger partial charge in [-0.25, -0.2) is 0 Å². The molecular formula is C43H35Cl5N8O6. The molecule has 0 heterocycles. The summed E-state index contributed by atoms with van der Waals surface area (Å²) in [5.74, 6) is -4.26. The summed E-state index contributed by atoms with van der Waals surface area (Å²) in [5, 5.41) is 27.2. The van der Waals surface area contributed by atoms with Gasteiger partial charge in [0.2, 0.25) is 0 Å². The molecular weight excluding hydrogens is 902 g/mol. The average Bonchev–Trinajstić information content (AvgIpc) is 3.21. The Kier molecular flexibility index (Phi) is 15.7. The van der Waals surface area contributed by atoms with Crippen molar-refractivity contribution in [3.05, 3.63) is 138 Å². The second-order valence-electron chi connectivity index (χ2n) is 13.7. The quantitative estimate of drug-likeness (QED) is 0.0622. The lowest BCUT2D eigenvalue weighted by Gasteiger charge is -2.19. The first-order valence-electron chi connectivity index (χ1n) is 18.3. The van der Waals surface area contributed by atoms with E-state index in [9.17, 15) is 28.8 Å². The number of hydrogen-bond donors (Lipinski definition) is 4. The molecule has 0 saturated heterocycles. The molecule has 19 heteroatoms. The Labute approximate surface area is 380 Å². The molecule has 318 valence electrons. The number of halogens is 5. The largest absolute Gasteiger partial charge is 0.367 e. The lowest BCUT2D eigenvalue weighted by Crippen LogP contribution is -2.36. The van der Waals surface area contributed by atoms with Gasteiger partial charge in [0, 0.05) is 16.8 Å². The minimum atomic E-state index is -1.55. The number of aryl methyl sites for hydroxylation is 3. The fourth-order valence-electron chi connectivity index (χ4n) is 5.67. The van der Waals surface area contributed by atoms with Crippen LogP contribution in [-0.2, 0) is 19.2 Å². The van der Waals surface area contributed by atoms with Gasteiger partial charge in [-0.05, 0) is 112 Å². The molecule has 62 heavy (non-hydrogen) atoms. The normalized spacial score (nSPS) is 12.2. The van der Waals surface area contributed by atoms with Crippen LogP contribution in [0.4, 0.5) is 34.1 Å². The predicted octanol–water partition coefficient (Wildman–Crippen LogP) is 11.7. The van der Waals surface area contributed by atoms with Crippen LogP contribution in [0.5, 0.6) is 0 Å². The summed E-state index contributed by atoms with van der Waals surface area (Å²) < 4.78 is 0. The van der Waals surface area contributed by atoms with E-state index >= 15 is 0 Å². The Morgan fingerprint density at radius 1 is 0.484 bits per heavy atom. The van der Waals surface area contributed by atoms with Crippen molar-refractivity contribution in [3.8, 4) is 0 Å². The molecule has 5 aromatic carbocycles. The highest BCUT2D eigenvalue weighted by molar-refractivity contribution is 6.36. The van der Waals surface area contributed by atoms with Gasteiger partial charge in [0.15, 0.2) is 23.7 Å². The van der Waals surface area contributed by atoms with Crippen LogP contribution in [0.1, 0.15) is 51.3 Å². The monoisotopic (exact) mass is 934 g/mol. The molecule has 2 atom stereocenters. The summed E-state index contributed by atoms with van der Waals surface area (Å²) in [6.07, 6.45) is 0. The molecule has 5 aromatic rings. The number of para-hydroxylation sites is 2. The van der Waals surface area contributed by atoms with Crippen LogP contribution in [0.2, 0.25) is 25.1 Å². The summed E-state index contributed by atoms with van der Waals surface area (Å²) in [6, 6.07) is 18.5. The Morgan fingerprint density at radius 3 is 1.31 bits per heavy atom. The molecule has 5 rings (SSSR count). The maximum atomic E-state index is 13.2. The van der Waals surface area contributed by atoms with Gasteiger partial charge >= 0.3 is 0 Å².